The highest BCUT2D eigenvalue weighted by Crippen LogP contribution is 2.15. The standard InChI is InChI=1S/C5H4N4O/c10-5-4(7-3-9-5)1-6-2-8-5/h1-3,10H/t5-/m1/s1. The first-order valence-corrected chi connectivity index (χ1v) is 2.72. The van der Waals surface area contributed by atoms with Crippen molar-refractivity contribution in [1.82, 2.24) is 0 Å². The molecule has 0 saturated heterocycles. The van der Waals surface area contributed by atoms with E-state index in [-0.39, 0.29) is 0 Å². The van der Waals surface area contributed by atoms with E-state index in [2.05, 4.69) is 20.0 Å². The molecule has 5 nitrogen and oxygen atoms in total. The van der Waals surface area contributed by atoms with Crippen LogP contribution in [0.5, 0.6) is 0 Å². The number of hydrogen-bond acceptors (Lipinski definition) is 5. The van der Waals surface area contributed by atoms with Gasteiger partial charge in [0.2, 0.25) is 0 Å². The normalized spacial score (nSPS) is 34.3. The molecular weight excluding hydrogens is 132 g/mol. The van der Waals surface area contributed by atoms with Gasteiger partial charge < -0.3 is 5.11 Å². The maximum atomic E-state index is 9.39. The predicted molar refractivity (Wildman–Crippen MR) is 37.9 cm³/mol. The molecule has 1 N–H and O–H groups in total. The Bertz CT molecular complexity index is 277. The van der Waals surface area contributed by atoms with Gasteiger partial charge in [0, 0.05) is 0 Å². The van der Waals surface area contributed by atoms with E-state index in [4.69, 9.17) is 0 Å². The van der Waals surface area contributed by atoms with E-state index in [0.29, 0.717) is 5.71 Å². The SMILES string of the molecule is O[C@@]12N=CN=CC1=NC=N2. The van der Waals surface area contributed by atoms with Gasteiger partial charge in [-0.1, -0.05) is 0 Å². The van der Waals surface area contributed by atoms with E-state index in [1.165, 1.54) is 18.9 Å². The van der Waals surface area contributed by atoms with Crippen molar-refractivity contribution in [3.63, 3.8) is 0 Å². The van der Waals surface area contributed by atoms with Gasteiger partial charge in [-0.2, -0.15) is 0 Å². The molecule has 0 spiro atoms. The molecule has 0 aromatic heterocycles. The molecule has 50 valence electrons. The molecule has 5 heteroatoms. The third-order valence-corrected chi connectivity index (χ3v) is 1.28. The number of nitrogens with zero attached hydrogens (tertiary/aromatic N) is 4. The van der Waals surface area contributed by atoms with Crippen LogP contribution >= 0.6 is 0 Å². The van der Waals surface area contributed by atoms with E-state index in [0.717, 1.165) is 0 Å². The van der Waals surface area contributed by atoms with Crippen LogP contribution in [0.1, 0.15) is 0 Å². The Hall–Kier alpha value is -1.36. The summed E-state index contributed by atoms with van der Waals surface area (Å²) in [5.41, 5.74) is 0.370. The summed E-state index contributed by atoms with van der Waals surface area (Å²) in [6.45, 7) is 0. The summed E-state index contributed by atoms with van der Waals surface area (Å²) in [5, 5.41) is 9.39. The lowest BCUT2D eigenvalue weighted by molar-refractivity contribution is 0.138. The van der Waals surface area contributed by atoms with Crippen molar-refractivity contribution >= 4 is 24.6 Å². The number of aliphatic hydroxyl groups is 1. The number of aliphatic imine (C=N–C) groups is 4. The largest absolute Gasteiger partial charge is 0.346 e. The Morgan fingerprint density at radius 3 is 2.90 bits per heavy atom. The molecule has 0 fully saturated rings. The van der Waals surface area contributed by atoms with Crippen LogP contribution in [0, 0.1) is 0 Å². The zero-order valence-corrected chi connectivity index (χ0v) is 4.97. The van der Waals surface area contributed by atoms with Crippen LogP contribution < -0.4 is 0 Å². The molecular formula is C5H4N4O. The minimum atomic E-state index is -1.47. The van der Waals surface area contributed by atoms with Gasteiger partial charge in [-0.05, 0) is 0 Å². The van der Waals surface area contributed by atoms with Crippen molar-refractivity contribution in [3.8, 4) is 0 Å². The average molecular weight is 136 g/mol. The quantitative estimate of drug-likeness (QED) is 0.466. The summed E-state index contributed by atoms with van der Waals surface area (Å²) in [6, 6.07) is 0. The molecule has 0 aromatic rings. The summed E-state index contributed by atoms with van der Waals surface area (Å²) >= 11 is 0. The highest BCUT2D eigenvalue weighted by molar-refractivity contribution is 6.38. The summed E-state index contributed by atoms with van der Waals surface area (Å²) in [5.74, 6) is -1.47. The third-order valence-electron chi connectivity index (χ3n) is 1.28. The van der Waals surface area contributed by atoms with Crippen LogP contribution in [-0.2, 0) is 0 Å². The summed E-state index contributed by atoms with van der Waals surface area (Å²) < 4.78 is 0. The minimum absolute atomic E-state index is 0.370. The van der Waals surface area contributed by atoms with E-state index >= 15 is 0 Å². The van der Waals surface area contributed by atoms with Crippen LogP contribution in [0.2, 0.25) is 0 Å². The first-order chi connectivity index (χ1) is 4.81. The molecule has 0 aliphatic carbocycles. The molecule has 0 unspecified atom stereocenters. The van der Waals surface area contributed by atoms with E-state index in [9.17, 15) is 5.11 Å². The average Bonchev–Trinajstić information content (AvgIpc) is 2.29. The monoisotopic (exact) mass is 136 g/mol. The second-order valence-corrected chi connectivity index (χ2v) is 1.92. The highest BCUT2D eigenvalue weighted by Gasteiger charge is 2.34. The lowest BCUT2D eigenvalue weighted by Crippen LogP contribution is -2.34. The van der Waals surface area contributed by atoms with Gasteiger partial charge in [0.1, 0.15) is 18.4 Å². The Morgan fingerprint density at radius 1 is 1.30 bits per heavy atom. The molecule has 2 heterocycles. The Kier molecular flexibility index (Phi) is 0.853. The lowest BCUT2D eigenvalue weighted by Gasteiger charge is -2.14. The van der Waals surface area contributed by atoms with Gasteiger partial charge in [-0.25, -0.2) is 20.0 Å². The molecule has 2 aliphatic heterocycles. The first-order valence-electron chi connectivity index (χ1n) is 2.72. The van der Waals surface area contributed by atoms with Gasteiger partial charge in [0.05, 0.1) is 6.21 Å². The predicted octanol–water partition coefficient (Wildman–Crippen LogP) is -0.772. The van der Waals surface area contributed by atoms with Gasteiger partial charge >= 0.3 is 5.85 Å². The van der Waals surface area contributed by atoms with Crippen molar-refractivity contribution in [2.45, 2.75) is 5.85 Å². The zero-order chi connectivity index (χ0) is 7.03. The fourth-order valence-corrected chi connectivity index (χ4v) is 0.761. The van der Waals surface area contributed by atoms with Gasteiger partial charge in [-0.3, -0.25) is 0 Å². The second kappa shape index (κ2) is 1.57. The summed E-state index contributed by atoms with van der Waals surface area (Å²) in [6.07, 6.45) is 3.95. The maximum Gasteiger partial charge on any atom is 0.304 e. The highest BCUT2D eigenvalue weighted by atomic mass is 16.3. The second-order valence-electron chi connectivity index (χ2n) is 1.92. The smallest absolute Gasteiger partial charge is 0.304 e. The van der Waals surface area contributed by atoms with Crippen molar-refractivity contribution in [2.75, 3.05) is 0 Å². The van der Waals surface area contributed by atoms with E-state index < -0.39 is 5.85 Å². The fourth-order valence-electron chi connectivity index (χ4n) is 0.761. The Morgan fingerprint density at radius 2 is 2.10 bits per heavy atom. The van der Waals surface area contributed by atoms with Crippen molar-refractivity contribution in [3.05, 3.63) is 0 Å². The molecule has 2 rings (SSSR count). The van der Waals surface area contributed by atoms with Crippen LogP contribution in [0.25, 0.3) is 0 Å². The third kappa shape index (κ3) is 0.548. The lowest BCUT2D eigenvalue weighted by atomic mass is 10.3. The molecule has 0 amide bonds. The maximum absolute atomic E-state index is 9.39. The van der Waals surface area contributed by atoms with Gasteiger partial charge in [0.25, 0.3) is 0 Å². The topological polar surface area (TPSA) is 69.7 Å². The van der Waals surface area contributed by atoms with Crippen LogP contribution in [0.15, 0.2) is 20.0 Å². The number of rotatable bonds is 0. The van der Waals surface area contributed by atoms with Gasteiger partial charge in [-0.15, -0.1) is 0 Å². The number of hydrogen-bond donors (Lipinski definition) is 1. The molecule has 2 aliphatic rings. The van der Waals surface area contributed by atoms with Crippen LogP contribution in [-0.4, -0.2) is 35.6 Å². The molecule has 0 radical (unpaired) electrons. The number of fused-ring (bicyclic) bond motifs is 1. The van der Waals surface area contributed by atoms with Gasteiger partial charge in [0.15, 0.2) is 0 Å². The van der Waals surface area contributed by atoms with Crippen molar-refractivity contribution < 1.29 is 5.11 Å². The molecule has 0 bridgehead atoms. The molecule has 10 heavy (non-hydrogen) atoms. The Balaban J connectivity index is 2.51. The van der Waals surface area contributed by atoms with Crippen LogP contribution in [0.3, 0.4) is 0 Å². The van der Waals surface area contributed by atoms with E-state index in [1.807, 2.05) is 0 Å². The van der Waals surface area contributed by atoms with Crippen molar-refractivity contribution in [2.24, 2.45) is 20.0 Å². The minimum Gasteiger partial charge on any atom is -0.346 e. The first kappa shape index (κ1) is 5.43. The summed E-state index contributed by atoms with van der Waals surface area (Å²) in [7, 11) is 0. The van der Waals surface area contributed by atoms with Crippen molar-refractivity contribution in [1.29, 1.82) is 0 Å². The van der Waals surface area contributed by atoms with Crippen LogP contribution in [0.4, 0.5) is 0 Å². The molecule has 0 saturated carbocycles. The molecule has 0 aromatic carbocycles. The molecule has 1 atom stereocenters. The van der Waals surface area contributed by atoms with E-state index in [1.54, 1.807) is 0 Å². The Labute approximate surface area is 56.6 Å². The fraction of sp³-hybridized carbons (Fsp3) is 0.200. The zero-order valence-electron chi connectivity index (χ0n) is 4.97. The summed E-state index contributed by atoms with van der Waals surface area (Å²) in [4.78, 5) is 14.7.